The lowest BCUT2D eigenvalue weighted by Crippen LogP contribution is -2.23. The number of esters is 1. The van der Waals surface area contributed by atoms with Gasteiger partial charge >= 0.3 is 5.97 Å². The maximum Gasteiger partial charge on any atom is 0.338 e. The van der Waals surface area contributed by atoms with Gasteiger partial charge in [0.15, 0.2) is 6.61 Å². The molecular weight excluding hydrogens is 380 g/mol. The number of hydrogen-bond acceptors (Lipinski definition) is 5. The quantitative estimate of drug-likeness (QED) is 0.553. The number of rotatable bonds is 6. The molecule has 0 aliphatic heterocycles. The van der Waals surface area contributed by atoms with Gasteiger partial charge in [0.25, 0.3) is 0 Å². The first kappa shape index (κ1) is 20.7. The van der Waals surface area contributed by atoms with E-state index < -0.39 is 45.6 Å². The summed E-state index contributed by atoms with van der Waals surface area (Å²) >= 11 is 0. The summed E-state index contributed by atoms with van der Waals surface area (Å²) in [6, 6.07) is 6.28. The first-order chi connectivity index (χ1) is 12.5. The SMILES string of the molecule is Cc1ccc(S(=O)(=O)N(C)C)cc1C(=O)OCC(=O)c1cc(F)ccc1F. The Balaban J connectivity index is 2.21. The van der Waals surface area contributed by atoms with Crippen molar-refractivity contribution in [3.8, 4) is 0 Å². The van der Waals surface area contributed by atoms with E-state index in [0.717, 1.165) is 22.5 Å². The van der Waals surface area contributed by atoms with Gasteiger partial charge in [-0.25, -0.2) is 26.3 Å². The summed E-state index contributed by atoms with van der Waals surface area (Å²) in [4.78, 5) is 24.1. The summed E-state index contributed by atoms with van der Waals surface area (Å²) in [5.74, 6) is -3.61. The molecule has 2 rings (SSSR count). The summed E-state index contributed by atoms with van der Waals surface area (Å²) in [5, 5.41) is 0. The largest absolute Gasteiger partial charge is 0.454 e. The molecule has 27 heavy (non-hydrogen) atoms. The highest BCUT2D eigenvalue weighted by molar-refractivity contribution is 7.89. The van der Waals surface area contributed by atoms with Gasteiger partial charge in [0.05, 0.1) is 16.0 Å². The number of sulfonamides is 1. The predicted molar refractivity (Wildman–Crippen MR) is 93.0 cm³/mol. The van der Waals surface area contributed by atoms with E-state index in [1.54, 1.807) is 6.92 Å². The fourth-order valence-corrected chi connectivity index (χ4v) is 3.12. The number of ether oxygens (including phenoxy) is 1. The third kappa shape index (κ3) is 4.55. The van der Waals surface area contributed by atoms with E-state index in [0.29, 0.717) is 11.6 Å². The van der Waals surface area contributed by atoms with E-state index in [2.05, 4.69) is 0 Å². The van der Waals surface area contributed by atoms with Crippen LogP contribution in [-0.4, -0.2) is 45.2 Å². The first-order valence-corrected chi connectivity index (χ1v) is 9.16. The topological polar surface area (TPSA) is 80.8 Å². The Labute approximate surface area is 155 Å². The highest BCUT2D eigenvalue weighted by Gasteiger charge is 2.22. The molecule has 0 aliphatic rings. The summed E-state index contributed by atoms with van der Waals surface area (Å²) in [5.41, 5.74) is -0.156. The molecule has 0 atom stereocenters. The van der Waals surface area contributed by atoms with Crippen LogP contribution >= 0.6 is 0 Å². The molecule has 0 amide bonds. The van der Waals surface area contributed by atoms with Crippen molar-refractivity contribution >= 4 is 21.8 Å². The summed E-state index contributed by atoms with van der Waals surface area (Å²) in [6.45, 7) is 0.750. The Bertz CT molecular complexity index is 1000. The molecule has 0 saturated heterocycles. The Kier molecular flexibility index (Phi) is 6.07. The molecule has 0 spiro atoms. The lowest BCUT2D eigenvalue weighted by atomic mass is 10.1. The molecule has 2 aromatic rings. The molecule has 0 unspecified atom stereocenters. The maximum absolute atomic E-state index is 13.6. The van der Waals surface area contributed by atoms with E-state index in [9.17, 15) is 26.8 Å². The number of hydrogen-bond donors (Lipinski definition) is 0. The Morgan fingerprint density at radius 2 is 1.70 bits per heavy atom. The minimum Gasteiger partial charge on any atom is -0.454 e. The number of nitrogens with zero attached hydrogens (tertiary/aromatic N) is 1. The number of aryl methyl sites for hydroxylation is 1. The normalized spacial score (nSPS) is 11.5. The average molecular weight is 397 g/mol. The second kappa shape index (κ2) is 7.93. The van der Waals surface area contributed by atoms with Crippen LogP contribution in [0.4, 0.5) is 8.78 Å². The minimum absolute atomic E-state index is 0.0505. The molecule has 0 fully saturated rings. The zero-order valence-corrected chi connectivity index (χ0v) is 15.6. The molecule has 2 aromatic carbocycles. The molecule has 0 saturated carbocycles. The van der Waals surface area contributed by atoms with Crippen LogP contribution in [-0.2, 0) is 14.8 Å². The van der Waals surface area contributed by atoms with Crippen molar-refractivity contribution in [1.82, 2.24) is 4.31 Å². The smallest absolute Gasteiger partial charge is 0.338 e. The molecule has 6 nitrogen and oxygen atoms in total. The van der Waals surface area contributed by atoms with Gasteiger partial charge in [0, 0.05) is 14.1 Å². The first-order valence-electron chi connectivity index (χ1n) is 7.72. The number of halogens is 2. The zero-order chi connectivity index (χ0) is 20.4. The second-order valence-electron chi connectivity index (χ2n) is 5.89. The molecule has 0 N–H and O–H groups in total. The number of carbonyl (C=O) groups excluding carboxylic acids is 2. The van der Waals surface area contributed by atoms with Crippen LogP contribution in [0.15, 0.2) is 41.3 Å². The van der Waals surface area contributed by atoms with Gasteiger partial charge in [-0.2, -0.15) is 0 Å². The van der Waals surface area contributed by atoms with Gasteiger partial charge in [0.1, 0.15) is 11.6 Å². The molecule has 0 aliphatic carbocycles. The van der Waals surface area contributed by atoms with Crippen LogP contribution in [0.5, 0.6) is 0 Å². The Morgan fingerprint density at radius 3 is 2.33 bits per heavy atom. The van der Waals surface area contributed by atoms with Gasteiger partial charge in [-0.1, -0.05) is 6.07 Å². The lowest BCUT2D eigenvalue weighted by Gasteiger charge is -2.13. The van der Waals surface area contributed by atoms with Crippen LogP contribution in [0.1, 0.15) is 26.3 Å². The van der Waals surface area contributed by atoms with Gasteiger partial charge in [-0.05, 0) is 42.8 Å². The summed E-state index contributed by atoms with van der Waals surface area (Å²) in [7, 11) is -1.07. The van der Waals surface area contributed by atoms with Crippen molar-refractivity contribution in [2.45, 2.75) is 11.8 Å². The maximum atomic E-state index is 13.6. The van der Waals surface area contributed by atoms with E-state index in [1.807, 2.05) is 0 Å². The highest BCUT2D eigenvalue weighted by Crippen LogP contribution is 2.19. The Hall–Kier alpha value is -2.65. The van der Waals surface area contributed by atoms with Crippen LogP contribution in [0.3, 0.4) is 0 Å². The van der Waals surface area contributed by atoms with Crippen molar-refractivity contribution in [2.75, 3.05) is 20.7 Å². The van der Waals surface area contributed by atoms with Crippen molar-refractivity contribution in [3.05, 3.63) is 64.7 Å². The number of carbonyl (C=O) groups is 2. The molecular formula is C18H17F2NO5S. The monoisotopic (exact) mass is 397 g/mol. The molecule has 0 heterocycles. The van der Waals surface area contributed by atoms with Crippen LogP contribution in [0, 0.1) is 18.6 Å². The fraction of sp³-hybridized carbons (Fsp3) is 0.222. The van der Waals surface area contributed by atoms with Crippen molar-refractivity contribution < 1.29 is 31.5 Å². The second-order valence-corrected chi connectivity index (χ2v) is 8.04. The van der Waals surface area contributed by atoms with Crippen molar-refractivity contribution in [1.29, 1.82) is 0 Å². The van der Waals surface area contributed by atoms with Crippen molar-refractivity contribution in [2.24, 2.45) is 0 Å². The average Bonchev–Trinajstić information content (AvgIpc) is 2.61. The van der Waals surface area contributed by atoms with E-state index in [-0.39, 0.29) is 10.5 Å². The molecule has 0 aromatic heterocycles. The standard InChI is InChI=1S/C18H17F2NO5S/c1-11-4-6-13(27(24,25)21(2)3)9-14(11)18(23)26-10-17(22)15-8-12(19)5-7-16(15)20/h4-9H,10H2,1-3H3. The number of ketones is 1. The van der Waals surface area contributed by atoms with Crippen LogP contribution < -0.4 is 0 Å². The van der Waals surface area contributed by atoms with E-state index in [1.165, 1.54) is 26.2 Å². The molecule has 0 bridgehead atoms. The molecule has 9 heteroatoms. The van der Waals surface area contributed by atoms with Gasteiger partial charge < -0.3 is 4.74 Å². The number of Topliss-reactive ketones (excluding diaryl/α,β-unsaturated/α-hetero) is 1. The number of benzene rings is 2. The highest BCUT2D eigenvalue weighted by atomic mass is 32.2. The summed E-state index contributed by atoms with van der Waals surface area (Å²) in [6.07, 6.45) is 0. The molecule has 0 radical (unpaired) electrons. The third-order valence-corrected chi connectivity index (χ3v) is 5.58. The van der Waals surface area contributed by atoms with Gasteiger partial charge in [-0.3, -0.25) is 4.79 Å². The lowest BCUT2D eigenvalue weighted by molar-refractivity contribution is 0.0472. The van der Waals surface area contributed by atoms with Crippen LogP contribution in [0.2, 0.25) is 0 Å². The predicted octanol–water partition coefficient (Wildman–Crippen LogP) is 2.56. The fourth-order valence-electron chi connectivity index (χ4n) is 2.19. The zero-order valence-electron chi connectivity index (χ0n) is 14.8. The van der Waals surface area contributed by atoms with Crippen molar-refractivity contribution in [3.63, 3.8) is 0 Å². The summed E-state index contributed by atoms with van der Waals surface area (Å²) < 4.78 is 57.0. The van der Waals surface area contributed by atoms with Gasteiger partial charge in [-0.15, -0.1) is 0 Å². The van der Waals surface area contributed by atoms with Gasteiger partial charge in [0.2, 0.25) is 15.8 Å². The molecule has 144 valence electrons. The van der Waals surface area contributed by atoms with Crippen LogP contribution in [0.25, 0.3) is 0 Å². The van der Waals surface area contributed by atoms with E-state index in [4.69, 9.17) is 4.74 Å². The van der Waals surface area contributed by atoms with E-state index >= 15 is 0 Å². The third-order valence-electron chi connectivity index (χ3n) is 3.77. The Morgan fingerprint density at radius 1 is 1.04 bits per heavy atom. The minimum atomic E-state index is -3.77.